The highest BCUT2D eigenvalue weighted by Gasteiger charge is 2.13. The van der Waals surface area contributed by atoms with Crippen molar-refractivity contribution in [1.29, 1.82) is 0 Å². The molecule has 2 amide bonds. The molecular formula is C12H13ClFIN4O. The standard InChI is InChI=1S/C12H13ClFIN4O/c13-2-1-11-18-9-6-8(15)7(14)5-10(9)19(11)4-3-17-12(16)20/h5-6H,1-4H2,(H3,16,17,20). The number of halogens is 3. The smallest absolute Gasteiger partial charge is 0.312 e. The van der Waals surface area contributed by atoms with Crippen LogP contribution in [0, 0.1) is 9.39 Å². The third-order valence-electron chi connectivity index (χ3n) is 2.82. The van der Waals surface area contributed by atoms with E-state index in [0.29, 0.717) is 34.5 Å². The van der Waals surface area contributed by atoms with Crippen LogP contribution in [0.25, 0.3) is 11.0 Å². The van der Waals surface area contributed by atoms with Crippen molar-refractivity contribution < 1.29 is 9.18 Å². The summed E-state index contributed by atoms with van der Waals surface area (Å²) in [5.74, 6) is 0.897. The maximum absolute atomic E-state index is 13.7. The Morgan fingerprint density at radius 1 is 1.55 bits per heavy atom. The van der Waals surface area contributed by atoms with Crippen LogP contribution in [-0.4, -0.2) is 28.0 Å². The molecule has 3 N–H and O–H groups in total. The quantitative estimate of drug-likeness (QED) is 0.586. The number of aryl methyl sites for hydroxylation is 1. The van der Waals surface area contributed by atoms with Gasteiger partial charge in [0, 0.05) is 31.5 Å². The van der Waals surface area contributed by atoms with Crippen LogP contribution in [0.3, 0.4) is 0 Å². The van der Waals surface area contributed by atoms with E-state index in [4.69, 9.17) is 17.3 Å². The molecule has 0 bridgehead atoms. The number of imidazole rings is 1. The Labute approximate surface area is 133 Å². The summed E-state index contributed by atoms with van der Waals surface area (Å²) in [6, 6.07) is 2.56. The first kappa shape index (κ1) is 15.3. The number of aromatic nitrogens is 2. The van der Waals surface area contributed by atoms with Gasteiger partial charge in [0.25, 0.3) is 0 Å². The Morgan fingerprint density at radius 3 is 2.95 bits per heavy atom. The molecule has 20 heavy (non-hydrogen) atoms. The fourth-order valence-corrected chi connectivity index (χ4v) is 2.61. The lowest BCUT2D eigenvalue weighted by atomic mass is 10.3. The molecule has 0 fully saturated rings. The summed E-state index contributed by atoms with van der Waals surface area (Å²) >= 11 is 7.69. The van der Waals surface area contributed by atoms with Gasteiger partial charge in [0.05, 0.1) is 14.6 Å². The van der Waals surface area contributed by atoms with Crippen LogP contribution in [0.15, 0.2) is 12.1 Å². The number of carbonyl (C=O) groups excluding carboxylic acids is 1. The van der Waals surface area contributed by atoms with Gasteiger partial charge in [-0.3, -0.25) is 0 Å². The van der Waals surface area contributed by atoms with Gasteiger partial charge in [0.15, 0.2) is 0 Å². The molecule has 0 aliphatic carbocycles. The van der Waals surface area contributed by atoms with Gasteiger partial charge in [-0.2, -0.15) is 0 Å². The lowest BCUT2D eigenvalue weighted by Crippen LogP contribution is -2.32. The number of benzene rings is 1. The number of hydrogen-bond acceptors (Lipinski definition) is 2. The molecule has 0 spiro atoms. The number of nitrogens with zero attached hydrogens (tertiary/aromatic N) is 2. The number of nitrogens with two attached hydrogens (primary N) is 1. The number of primary amides is 1. The Hall–Kier alpha value is -1.09. The van der Waals surface area contributed by atoms with Crippen LogP contribution in [0.2, 0.25) is 0 Å². The number of nitrogens with one attached hydrogen (secondary N) is 1. The van der Waals surface area contributed by atoms with Gasteiger partial charge in [-0.15, -0.1) is 11.6 Å². The summed E-state index contributed by atoms with van der Waals surface area (Å²) in [6.07, 6.45) is 0.574. The molecule has 0 aliphatic heterocycles. The largest absolute Gasteiger partial charge is 0.352 e. The molecule has 5 nitrogen and oxygen atoms in total. The van der Waals surface area contributed by atoms with E-state index in [-0.39, 0.29) is 5.82 Å². The van der Waals surface area contributed by atoms with Crippen LogP contribution in [0.5, 0.6) is 0 Å². The van der Waals surface area contributed by atoms with Crippen molar-refractivity contribution in [2.45, 2.75) is 13.0 Å². The van der Waals surface area contributed by atoms with Crippen molar-refractivity contribution in [2.75, 3.05) is 12.4 Å². The fourth-order valence-electron chi connectivity index (χ4n) is 1.99. The molecule has 0 radical (unpaired) electrons. The second-order valence-corrected chi connectivity index (χ2v) is 5.70. The van der Waals surface area contributed by atoms with Gasteiger partial charge in [-0.1, -0.05) is 0 Å². The molecule has 108 valence electrons. The summed E-state index contributed by atoms with van der Waals surface area (Å²) in [5, 5.41) is 2.51. The summed E-state index contributed by atoms with van der Waals surface area (Å²) in [5.41, 5.74) is 6.43. The second-order valence-electron chi connectivity index (χ2n) is 4.16. The molecular weight excluding hydrogens is 398 g/mol. The highest BCUT2D eigenvalue weighted by molar-refractivity contribution is 14.1. The van der Waals surface area contributed by atoms with E-state index in [1.807, 2.05) is 27.2 Å². The first-order chi connectivity index (χ1) is 9.52. The number of rotatable bonds is 5. The molecule has 1 heterocycles. The number of carbonyl (C=O) groups is 1. The predicted octanol–water partition coefficient (Wildman–Crippen LogP) is 2.23. The lowest BCUT2D eigenvalue weighted by molar-refractivity contribution is 0.248. The van der Waals surface area contributed by atoms with Gasteiger partial charge >= 0.3 is 6.03 Å². The second kappa shape index (κ2) is 6.57. The van der Waals surface area contributed by atoms with Crippen LogP contribution in [0.4, 0.5) is 9.18 Å². The van der Waals surface area contributed by atoms with Crippen LogP contribution in [-0.2, 0) is 13.0 Å². The summed E-state index contributed by atoms with van der Waals surface area (Å²) in [4.78, 5) is 15.2. The first-order valence-electron chi connectivity index (χ1n) is 5.96. The Bertz CT molecular complexity index is 646. The van der Waals surface area contributed by atoms with E-state index in [1.54, 1.807) is 6.07 Å². The van der Waals surface area contributed by atoms with E-state index in [9.17, 15) is 9.18 Å². The minimum absolute atomic E-state index is 0.292. The number of fused-ring (bicyclic) bond motifs is 1. The maximum Gasteiger partial charge on any atom is 0.312 e. The van der Waals surface area contributed by atoms with Crippen molar-refractivity contribution >= 4 is 51.3 Å². The van der Waals surface area contributed by atoms with E-state index >= 15 is 0 Å². The molecule has 0 aliphatic rings. The number of alkyl halides is 1. The van der Waals surface area contributed by atoms with Crippen molar-refractivity contribution in [3.8, 4) is 0 Å². The van der Waals surface area contributed by atoms with E-state index in [0.717, 1.165) is 11.3 Å². The first-order valence-corrected chi connectivity index (χ1v) is 7.57. The van der Waals surface area contributed by atoms with Crippen LogP contribution < -0.4 is 11.1 Å². The lowest BCUT2D eigenvalue weighted by Gasteiger charge is -2.09. The van der Waals surface area contributed by atoms with Crippen molar-refractivity contribution in [2.24, 2.45) is 5.73 Å². The average molecular weight is 411 g/mol. The topological polar surface area (TPSA) is 72.9 Å². The maximum atomic E-state index is 13.7. The molecule has 1 aromatic carbocycles. The van der Waals surface area contributed by atoms with E-state index < -0.39 is 6.03 Å². The molecule has 0 atom stereocenters. The SMILES string of the molecule is NC(=O)NCCn1c(CCCl)nc2cc(I)c(F)cc21. The Morgan fingerprint density at radius 2 is 2.30 bits per heavy atom. The van der Waals surface area contributed by atoms with Crippen LogP contribution >= 0.6 is 34.2 Å². The van der Waals surface area contributed by atoms with E-state index in [1.165, 1.54) is 6.07 Å². The van der Waals surface area contributed by atoms with E-state index in [2.05, 4.69) is 10.3 Å². The zero-order valence-corrected chi connectivity index (χ0v) is 13.4. The highest BCUT2D eigenvalue weighted by atomic mass is 127. The van der Waals surface area contributed by atoms with Crippen molar-refractivity contribution in [1.82, 2.24) is 14.9 Å². The van der Waals surface area contributed by atoms with Gasteiger partial charge in [0.1, 0.15) is 11.6 Å². The molecule has 0 saturated carbocycles. The minimum atomic E-state index is -0.589. The zero-order valence-electron chi connectivity index (χ0n) is 10.5. The molecule has 2 aromatic rings. The molecule has 0 unspecified atom stereocenters. The van der Waals surface area contributed by atoms with Gasteiger partial charge in [0.2, 0.25) is 0 Å². The molecule has 1 aromatic heterocycles. The van der Waals surface area contributed by atoms with Crippen molar-refractivity contribution in [3.05, 3.63) is 27.3 Å². The molecule has 2 rings (SSSR count). The minimum Gasteiger partial charge on any atom is -0.352 e. The van der Waals surface area contributed by atoms with Gasteiger partial charge in [-0.05, 0) is 28.7 Å². The Balaban J connectivity index is 2.39. The monoisotopic (exact) mass is 410 g/mol. The van der Waals surface area contributed by atoms with Gasteiger partial charge in [-0.25, -0.2) is 14.2 Å². The van der Waals surface area contributed by atoms with Crippen molar-refractivity contribution in [3.63, 3.8) is 0 Å². The predicted molar refractivity (Wildman–Crippen MR) is 84.4 cm³/mol. The third kappa shape index (κ3) is 3.32. The van der Waals surface area contributed by atoms with Gasteiger partial charge < -0.3 is 15.6 Å². The Kier molecular flexibility index (Phi) is 5.03. The van der Waals surface area contributed by atoms with Crippen LogP contribution in [0.1, 0.15) is 5.82 Å². The normalized spacial score (nSPS) is 10.9. The zero-order chi connectivity index (χ0) is 14.7. The summed E-state index contributed by atoms with van der Waals surface area (Å²) in [7, 11) is 0. The number of amides is 2. The highest BCUT2D eigenvalue weighted by Crippen LogP contribution is 2.22. The summed E-state index contributed by atoms with van der Waals surface area (Å²) < 4.78 is 16.1. The third-order valence-corrected chi connectivity index (χ3v) is 3.84. The average Bonchev–Trinajstić information content (AvgIpc) is 2.68. The number of urea groups is 1. The fraction of sp³-hybridized carbons (Fsp3) is 0.333. The summed E-state index contributed by atoms with van der Waals surface area (Å²) in [6.45, 7) is 0.815. The number of hydrogen-bond donors (Lipinski definition) is 2. The molecule has 0 saturated heterocycles. The molecule has 8 heteroatoms.